The molecule has 0 amide bonds. The van der Waals surface area contributed by atoms with Gasteiger partial charge in [-0.15, -0.1) is 0 Å². The van der Waals surface area contributed by atoms with Crippen molar-refractivity contribution in [2.45, 2.75) is 11.4 Å². The second-order valence-corrected chi connectivity index (χ2v) is 8.58. The number of sulfonamides is 1. The number of benzene rings is 2. The molecule has 0 bridgehead atoms. The number of nitrogens with zero attached hydrogens (tertiary/aromatic N) is 3. The fraction of sp³-hybridized carbons (Fsp3) is 0.0909. The maximum atomic E-state index is 13.1. The van der Waals surface area contributed by atoms with Crippen molar-refractivity contribution in [2.75, 3.05) is 0 Å². The summed E-state index contributed by atoms with van der Waals surface area (Å²) >= 11 is 0. The Kier molecular flexibility index (Phi) is 5.43. The van der Waals surface area contributed by atoms with Gasteiger partial charge in [-0.3, -0.25) is 9.67 Å². The third-order valence-electron chi connectivity index (χ3n) is 4.63. The lowest BCUT2D eigenvalue weighted by Gasteiger charge is -2.08. The van der Waals surface area contributed by atoms with E-state index in [1.807, 2.05) is 25.4 Å². The number of pyridine rings is 1. The second kappa shape index (κ2) is 8.17. The standard InChI is InChI=1S/C22H19FN4O2S/c1-27-15-19(14-25-27)22-11-2-16(12-24-22)13-26-30(28,29)21-9-5-18(6-10-21)17-3-7-20(23)8-4-17/h2-12,14-15,26H,13H2,1H3. The maximum Gasteiger partial charge on any atom is 0.240 e. The first-order valence-corrected chi connectivity index (χ1v) is 10.7. The SMILES string of the molecule is Cn1cc(-c2ccc(CNS(=O)(=O)c3ccc(-c4ccc(F)cc4)cc3)cn2)cn1. The van der Waals surface area contributed by atoms with Crippen molar-refractivity contribution in [3.8, 4) is 22.4 Å². The van der Waals surface area contributed by atoms with Crippen molar-refractivity contribution in [1.82, 2.24) is 19.5 Å². The zero-order valence-corrected chi connectivity index (χ0v) is 17.0. The van der Waals surface area contributed by atoms with Crippen LogP contribution >= 0.6 is 0 Å². The van der Waals surface area contributed by atoms with E-state index in [1.54, 1.807) is 41.3 Å². The van der Waals surface area contributed by atoms with Crippen LogP contribution in [0.2, 0.25) is 0 Å². The highest BCUT2D eigenvalue weighted by Gasteiger charge is 2.14. The predicted molar refractivity (Wildman–Crippen MR) is 112 cm³/mol. The smallest absolute Gasteiger partial charge is 0.240 e. The van der Waals surface area contributed by atoms with Gasteiger partial charge in [0.15, 0.2) is 0 Å². The molecule has 0 radical (unpaired) electrons. The number of halogens is 1. The average molecular weight is 422 g/mol. The van der Waals surface area contributed by atoms with Crippen LogP contribution in [0.3, 0.4) is 0 Å². The highest BCUT2D eigenvalue weighted by molar-refractivity contribution is 7.89. The van der Waals surface area contributed by atoms with Gasteiger partial charge in [0, 0.05) is 31.5 Å². The summed E-state index contributed by atoms with van der Waals surface area (Å²) in [6, 6.07) is 16.2. The van der Waals surface area contributed by atoms with Crippen LogP contribution in [-0.4, -0.2) is 23.2 Å². The first-order chi connectivity index (χ1) is 14.4. The molecule has 0 saturated carbocycles. The lowest BCUT2D eigenvalue weighted by molar-refractivity contribution is 0.581. The Balaban J connectivity index is 1.43. The van der Waals surface area contributed by atoms with E-state index in [-0.39, 0.29) is 17.3 Å². The Hall–Kier alpha value is -3.36. The number of hydrogen-bond acceptors (Lipinski definition) is 4. The van der Waals surface area contributed by atoms with E-state index in [0.717, 1.165) is 27.9 Å². The maximum absolute atomic E-state index is 13.1. The van der Waals surface area contributed by atoms with Gasteiger partial charge in [0.05, 0.1) is 16.8 Å². The average Bonchev–Trinajstić information content (AvgIpc) is 3.20. The molecule has 6 nitrogen and oxygen atoms in total. The third kappa shape index (κ3) is 4.45. The molecule has 0 unspecified atom stereocenters. The minimum Gasteiger partial charge on any atom is -0.275 e. The zero-order valence-electron chi connectivity index (χ0n) is 16.2. The summed E-state index contributed by atoms with van der Waals surface area (Å²) in [4.78, 5) is 4.53. The van der Waals surface area contributed by atoms with Crippen molar-refractivity contribution in [3.05, 3.63) is 90.6 Å². The van der Waals surface area contributed by atoms with Gasteiger partial charge in [-0.1, -0.05) is 30.3 Å². The van der Waals surface area contributed by atoms with Gasteiger partial charge in [-0.05, 0) is 47.0 Å². The number of nitrogens with one attached hydrogen (secondary N) is 1. The molecular weight excluding hydrogens is 403 g/mol. The summed E-state index contributed by atoms with van der Waals surface area (Å²) in [6.45, 7) is 0.127. The molecular formula is C22H19FN4O2S. The summed E-state index contributed by atoms with van der Waals surface area (Å²) in [5.41, 5.74) is 4.03. The number of rotatable bonds is 6. The van der Waals surface area contributed by atoms with Crippen LogP contribution in [0.4, 0.5) is 4.39 Å². The van der Waals surface area contributed by atoms with Gasteiger partial charge < -0.3 is 0 Å². The Labute approximate surface area is 174 Å². The lowest BCUT2D eigenvalue weighted by atomic mass is 10.1. The minimum atomic E-state index is -3.67. The van der Waals surface area contributed by atoms with Crippen molar-refractivity contribution < 1.29 is 12.8 Å². The molecule has 0 fully saturated rings. The molecule has 4 aromatic rings. The molecule has 152 valence electrons. The highest BCUT2D eigenvalue weighted by atomic mass is 32.2. The monoisotopic (exact) mass is 422 g/mol. The molecule has 8 heteroatoms. The van der Waals surface area contributed by atoms with E-state index < -0.39 is 10.0 Å². The molecule has 0 saturated heterocycles. The minimum absolute atomic E-state index is 0.127. The molecule has 0 aliphatic rings. The molecule has 1 N–H and O–H groups in total. The summed E-state index contributed by atoms with van der Waals surface area (Å²) in [5, 5.41) is 4.12. The second-order valence-electron chi connectivity index (χ2n) is 6.81. The highest BCUT2D eigenvalue weighted by Crippen LogP contribution is 2.22. The third-order valence-corrected chi connectivity index (χ3v) is 6.05. The summed E-state index contributed by atoms with van der Waals surface area (Å²) < 4.78 is 42.5. The molecule has 0 aliphatic heterocycles. The van der Waals surface area contributed by atoms with E-state index in [2.05, 4.69) is 14.8 Å². The molecule has 30 heavy (non-hydrogen) atoms. The van der Waals surface area contributed by atoms with E-state index in [1.165, 1.54) is 24.3 Å². The molecule has 0 spiro atoms. The van der Waals surface area contributed by atoms with Crippen molar-refractivity contribution in [1.29, 1.82) is 0 Å². The zero-order chi connectivity index (χ0) is 21.1. The van der Waals surface area contributed by atoms with Crippen LogP contribution in [0.15, 0.2) is 84.1 Å². The topological polar surface area (TPSA) is 76.9 Å². The molecule has 2 heterocycles. The normalized spacial score (nSPS) is 11.5. The van der Waals surface area contributed by atoms with Crippen LogP contribution in [0.25, 0.3) is 22.4 Å². The molecule has 4 rings (SSSR count). The number of aryl methyl sites for hydroxylation is 1. The first-order valence-electron chi connectivity index (χ1n) is 9.20. The van der Waals surface area contributed by atoms with Crippen LogP contribution < -0.4 is 4.72 Å². The van der Waals surface area contributed by atoms with E-state index in [4.69, 9.17) is 0 Å². The van der Waals surface area contributed by atoms with E-state index in [0.29, 0.717) is 0 Å². The van der Waals surface area contributed by atoms with Gasteiger partial charge in [0.2, 0.25) is 10.0 Å². The summed E-state index contributed by atoms with van der Waals surface area (Å²) in [7, 11) is -1.84. The van der Waals surface area contributed by atoms with E-state index >= 15 is 0 Å². The Bertz CT molecular complexity index is 1250. The van der Waals surface area contributed by atoms with Gasteiger partial charge in [0.1, 0.15) is 5.82 Å². The van der Waals surface area contributed by atoms with Gasteiger partial charge in [0.25, 0.3) is 0 Å². The molecule has 2 aromatic carbocycles. The van der Waals surface area contributed by atoms with Gasteiger partial charge >= 0.3 is 0 Å². The summed E-state index contributed by atoms with van der Waals surface area (Å²) in [5.74, 6) is -0.315. The van der Waals surface area contributed by atoms with Crippen molar-refractivity contribution in [3.63, 3.8) is 0 Å². The largest absolute Gasteiger partial charge is 0.275 e. The van der Waals surface area contributed by atoms with Crippen LogP contribution in [-0.2, 0) is 23.6 Å². The van der Waals surface area contributed by atoms with E-state index in [9.17, 15) is 12.8 Å². The van der Waals surface area contributed by atoms with Crippen LogP contribution in [0.5, 0.6) is 0 Å². The van der Waals surface area contributed by atoms with Gasteiger partial charge in [-0.25, -0.2) is 17.5 Å². The Morgan fingerprint density at radius 3 is 2.13 bits per heavy atom. The van der Waals surface area contributed by atoms with Gasteiger partial charge in [-0.2, -0.15) is 5.10 Å². The first kappa shape index (κ1) is 19.9. The molecule has 0 aliphatic carbocycles. The van der Waals surface area contributed by atoms with Crippen LogP contribution in [0.1, 0.15) is 5.56 Å². The van der Waals surface area contributed by atoms with Crippen LogP contribution in [0, 0.1) is 5.82 Å². The fourth-order valence-electron chi connectivity index (χ4n) is 2.98. The lowest BCUT2D eigenvalue weighted by Crippen LogP contribution is -2.23. The number of hydrogen-bond donors (Lipinski definition) is 1. The summed E-state index contributed by atoms with van der Waals surface area (Å²) in [6.07, 6.45) is 5.23. The quantitative estimate of drug-likeness (QED) is 0.513. The van der Waals surface area contributed by atoms with Crippen molar-refractivity contribution >= 4 is 10.0 Å². The Morgan fingerprint density at radius 2 is 1.57 bits per heavy atom. The molecule has 0 atom stereocenters. The Morgan fingerprint density at radius 1 is 0.900 bits per heavy atom. The van der Waals surface area contributed by atoms with Crippen molar-refractivity contribution in [2.24, 2.45) is 7.05 Å². The predicted octanol–water partition coefficient (Wildman–Crippen LogP) is 3.77. The fourth-order valence-corrected chi connectivity index (χ4v) is 4.00. The molecule has 2 aromatic heterocycles. The number of aromatic nitrogens is 3.